The molecule has 0 atom stereocenters. The maximum absolute atomic E-state index is 11.7. The molecule has 0 saturated heterocycles. The molecule has 0 unspecified atom stereocenters. The van der Waals surface area contributed by atoms with E-state index in [-0.39, 0.29) is 5.91 Å². The van der Waals surface area contributed by atoms with Gasteiger partial charge in [-0.05, 0) is 43.5 Å². The summed E-state index contributed by atoms with van der Waals surface area (Å²) in [6.07, 6.45) is 1.07. The average molecular weight is 269 g/mol. The molecule has 3 nitrogen and oxygen atoms in total. The number of benzene rings is 1. The summed E-state index contributed by atoms with van der Waals surface area (Å²) in [7, 11) is 0. The van der Waals surface area contributed by atoms with Crippen LogP contribution in [0.15, 0.2) is 18.2 Å². The first-order valence-corrected chi connectivity index (χ1v) is 6.64. The topological polar surface area (TPSA) is 41.1 Å². The van der Waals surface area contributed by atoms with Gasteiger partial charge in [-0.25, -0.2) is 0 Å². The van der Waals surface area contributed by atoms with Gasteiger partial charge in [-0.15, -0.1) is 0 Å². The van der Waals surface area contributed by atoms with Crippen molar-refractivity contribution in [2.45, 2.75) is 27.2 Å². The zero-order valence-electron chi connectivity index (χ0n) is 11.2. The number of amides is 1. The quantitative estimate of drug-likeness (QED) is 0.778. The minimum atomic E-state index is -0.0378. The van der Waals surface area contributed by atoms with E-state index in [4.69, 9.17) is 11.6 Å². The minimum absolute atomic E-state index is 0.0378. The third-order valence-corrected chi connectivity index (χ3v) is 3.14. The van der Waals surface area contributed by atoms with Crippen LogP contribution in [0.2, 0.25) is 5.02 Å². The lowest BCUT2D eigenvalue weighted by Gasteiger charge is -2.10. The molecule has 0 spiro atoms. The smallest absolute Gasteiger partial charge is 0.238 e. The van der Waals surface area contributed by atoms with Crippen LogP contribution < -0.4 is 10.6 Å². The predicted octanol–water partition coefficient (Wildman–Crippen LogP) is 3.22. The Labute approximate surface area is 114 Å². The monoisotopic (exact) mass is 268 g/mol. The lowest BCUT2D eigenvalue weighted by molar-refractivity contribution is -0.115. The first kappa shape index (κ1) is 15.0. The van der Waals surface area contributed by atoms with Crippen molar-refractivity contribution in [1.29, 1.82) is 0 Å². The number of carbonyl (C=O) groups is 1. The van der Waals surface area contributed by atoms with Crippen molar-refractivity contribution in [2.24, 2.45) is 5.92 Å². The van der Waals surface area contributed by atoms with Gasteiger partial charge >= 0.3 is 0 Å². The first-order valence-electron chi connectivity index (χ1n) is 6.26. The van der Waals surface area contributed by atoms with Crippen LogP contribution in [0.1, 0.15) is 25.8 Å². The van der Waals surface area contributed by atoms with E-state index in [0.717, 1.165) is 24.2 Å². The van der Waals surface area contributed by atoms with Gasteiger partial charge in [-0.2, -0.15) is 0 Å². The van der Waals surface area contributed by atoms with Gasteiger partial charge in [0.25, 0.3) is 0 Å². The fourth-order valence-corrected chi connectivity index (χ4v) is 1.70. The second kappa shape index (κ2) is 7.39. The Morgan fingerprint density at radius 3 is 2.78 bits per heavy atom. The van der Waals surface area contributed by atoms with Crippen molar-refractivity contribution >= 4 is 23.2 Å². The summed E-state index contributed by atoms with van der Waals surface area (Å²) in [6, 6.07) is 5.50. The lowest BCUT2D eigenvalue weighted by Crippen LogP contribution is -2.29. The van der Waals surface area contributed by atoms with E-state index in [2.05, 4.69) is 24.5 Å². The summed E-state index contributed by atoms with van der Waals surface area (Å²) >= 11 is 5.99. The van der Waals surface area contributed by atoms with E-state index in [1.807, 2.05) is 25.1 Å². The van der Waals surface area contributed by atoms with Crippen LogP contribution in [0.3, 0.4) is 0 Å². The maximum atomic E-state index is 11.7. The van der Waals surface area contributed by atoms with Crippen molar-refractivity contribution in [2.75, 3.05) is 18.4 Å². The molecule has 18 heavy (non-hydrogen) atoms. The number of hydrogen-bond donors (Lipinski definition) is 2. The first-order chi connectivity index (χ1) is 8.50. The van der Waals surface area contributed by atoms with Gasteiger partial charge < -0.3 is 10.6 Å². The summed E-state index contributed by atoms with van der Waals surface area (Å²) in [5.74, 6) is 0.611. The summed E-state index contributed by atoms with van der Waals surface area (Å²) in [4.78, 5) is 11.7. The maximum Gasteiger partial charge on any atom is 0.238 e. The van der Waals surface area contributed by atoms with Crippen LogP contribution in [0.25, 0.3) is 0 Å². The summed E-state index contributed by atoms with van der Waals surface area (Å²) in [5, 5.41) is 6.65. The molecule has 1 rings (SSSR count). The van der Waals surface area contributed by atoms with Crippen LogP contribution >= 0.6 is 11.6 Å². The molecule has 0 radical (unpaired) electrons. The molecule has 0 saturated carbocycles. The zero-order valence-corrected chi connectivity index (χ0v) is 12.0. The van der Waals surface area contributed by atoms with Crippen molar-refractivity contribution in [3.05, 3.63) is 28.8 Å². The molecule has 0 fully saturated rings. The summed E-state index contributed by atoms with van der Waals surface area (Å²) in [6.45, 7) is 7.41. The fourth-order valence-electron chi connectivity index (χ4n) is 1.53. The van der Waals surface area contributed by atoms with Crippen LogP contribution in [0.5, 0.6) is 0 Å². The van der Waals surface area contributed by atoms with Crippen molar-refractivity contribution < 1.29 is 4.79 Å². The van der Waals surface area contributed by atoms with Gasteiger partial charge in [0, 0.05) is 10.7 Å². The van der Waals surface area contributed by atoms with Gasteiger partial charge in [0.1, 0.15) is 0 Å². The highest BCUT2D eigenvalue weighted by atomic mass is 35.5. The Morgan fingerprint density at radius 2 is 2.11 bits per heavy atom. The second-order valence-corrected chi connectivity index (χ2v) is 5.23. The molecule has 4 heteroatoms. The minimum Gasteiger partial charge on any atom is -0.325 e. The Hall–Kier alpha value is -1.06. The van der Waals surface area contributed by atoms with E-state index in [1.165, 1.54) is 0 Å². The van der Waals surface area contributed by atoms with Crippen LogP contribution in [-0.4, -0.2) is 19.0 Å². The van der Waals surface area contributed by atoms with Crippen LogP contribution in [-0.2, 0) is 4.79 Å². The SMILES string of the molecule is Cc1c(Cl)cccc1NC(=O)CNCCC(C)C. The molecule has 2 N–H and O–H groups in total. The molecule has 0 aliphatic heterocycles. The average Bonchev–Trinajstić information content (AvgIpc) is 2.30. The van der Waals surface area contributed by atoms with Gasteiger partial charge in [-0.1, -0.05) is 31.5 Å². The Balaban J connectivity index is 2.38. The number of hydrogen-bond acceptors (Lipinski definition) is 2. The van der Waals surface area contributed by atoms with Gasteiger partial charge in [0.2, 0.25) is 5.91 Å². The fraction of sp³-hybridized carbons (Fsp3) is 0.500. The van der Waals surface area contributed by atoms with E-state index in [1.54, 1.807) is 0 Å². The highest BCUT2D eigenvalue weighted by Crippen LogP contribution is 2.22. The molecule has 0 aliphatic rings. The van der Waals surface area contributed by atoms with Gasteiger partial charge in [0.05, 0.1) is 6.54 Å². The number of rotatable bonds is 6. The van der Waals surface area contributed by atoms with Gasteiger partial charge in [0.15, 0.2) is 0 Å². The molecule has 0 bridgehead atoms. The molecular formula is C14H21ClN2O. The highest BCUT2D eigenvalue weighted by molar-refractivity contribution is 6.31. The molecule has 0 aromatic heterocycles. The van der Waals surface area contributed by atoms with Crippen LogP contribution in [0.4, 0.5) is 5.69 Å². The van der Waals surface area contributed by atoms with Gasteiger partial charge in [-0.3, -0.25) is 4.79 Å². The molecule has 0 aliphatic carbocycles. The lowest BCUT2D eigenvalue weighted by atomic mass is 10.1. The number of carbonyl (C=O) groups excluding carboxylic acids is 1. The normalized spacial score (nSPS) is 10.7. The van der Waals surface area contributed by atoms with Crippen LogP contribution in [0, 0.1) is 12.8 Å². The third-order valence-electron chi connectivity index (χ3n) is 2.73. The highest BCUT2D eigenvalue weighted by Gasteiger charge is 2.06. The standard InChI is InChI=1S/C14H21ClN2O/c1-10(2)7-8-16-9-14(18)17-13-6-4-5-12(15)11(13)3/h4-6,10,16H,7-9H2,1-3H3,(H,17,18). The molecule has 100 valence electrons. The second-order valence-electron chi connectivity index (χ2n) is 4.82. The van der Waals surface area contributed by atoms with E-state index < -0.39 is 0 Å². The third kappa shape index (κ3) is 5.07. The summed E-state index contributed by atoms with van der Waals surface area (Å²) in [5.41, 5.74) is 1.67. The molecule has 1 amide bonds. The molecule has 0 heterocycles. The Bertz CT molecular complexity index is 405. The van der Waals surface area contributed by atoms with Crippen molar-refractivity contribution in [1.82, 2.24) is 5.32 Å². The van der Waals surface area contributed by atoms with Crippen molar-refractivity contribution in [3.63, 3.8) is 0 Å². The summed E-state index contributed by atoms with van der Waals surface area (Å²) < 4.78 is 0. The number of nitrogens with one attached hydrogen (secondary N) is 2. The van der Waals surface area contributed by atoms with E-state index >= 15 is 0 Å². The predicted molar refractivity (Wildman–Crippen MR) is 77.1 cm³/mol. The molecular weight excluding hydrogens is 248 g/mol. The zero-order chi connectivity index (χ0) is 13.5. The Morgan fingerprint density at radius 1 is 1.39 bits per heavy atom. The number of halogens is 1. The Kier molecular flexibility index (Phi) is 6.16. The van der Waals surface area contributed by atoms with E-state index in [9.17, 15) is 4.79 Å². The largest absolute Gasteiger partial charge is 0.325 e. The van der Waals surface area contributed by atoms with Crippen molar-refractivity contribution in [3.8, 4) is 0 Å². The molecule has 1 aromatic rings. The molecule has 1 aromatic carbocycles. The van der Waals surface area contributed by atoms with E-state index in [0.29, 0.717) is 17.5 Å². The number of anilines is 1.